The molecular formula is C20H25FmN2O9-. The van der Waals surface area contributed by atoms with Gasteiger partial charge >= 0.3 is 11.9 Å². The molecule has 0 spiro atoms. The van der Waals surface area contributed by atoms with Crippen molar-refractivity contribution in [2.24, 2.45) is 0 Å². The van der Waals surface area contributed by atoms with Gasteiger partial charge in [0, 0.05) is 19.8 Å². The summed E-state index contributed by atoms with van der Waals surface area (Å²) in [5, 5.41) is 14.3. The van der Waals surface area contributed by atoms with Crippen LogP contribution in [0.3, 0.4) is 0 Å². The smallest absolute Gasteiger partial charge is 0.335 e. The zero-order valence-corrected chi connectivity index (χ0v) is 20.1. The first-order valence-corrected chi connectivity index (χ1v) is 9.51. The normalized spacial score (nSPS) is 20.7. The van der Waals surface area contributed by atoms with Crippen molar-refractivity contribution >= 4 is 29.9 Å². The Bertz CT molecular complexity index is 820. The van der Waals surface area contributed by atoms with Gasteiger partial charge in [0.2, 0.25) is 12.2 Å². The summed E-state index contributed by atoms with van der Waals surface area (Å²) in [5.74, 6) is -1.54. The van der Waals surface area contributed by atoms with Crippen LogP contribution in [0, 0.1) is 0 Å². The molecule has 1 aliphatic rings. The number of amides is 2. The minimum atomic E-state index is -1.01. The Hall–Kier alpha value is -4.18. The molecule has 32 heavy (non-hydrogen) atoms. The van der Waals surface area contributed by atoms with E-state index in [2.05, 4.69) is 10.6 Å². The van der Waals surface area contributed by atoms with Gasteiger partial charge in [-0.05, 0) is 24.6 Å². The standard InChI is InChI=1S/C20H25N2O9.Fm/c1-11(21-10-24)19(26)22-15-5-4-13(9-23)6-16(15)30-18-8-14(29-12(2)25)7-17(31-18)20(27)28-3;/h4-6,11,14,17-18,23H,7-9H2,1-3H3,(H,21,24)(H,22,26);/q-1;. The molecule has 0 aliphatic carbocycles. The summed E-state index contributed by atoms with van der Waals surface area (Å²) in [6, 6.07) is 3.73. The Labute approximate surface area is 179 Å². The summed E-state index contributed by atoms with van der Waals surface area (Å²) in [5.41, 5.74) is 0.742. The van der Waals surface area contributed by atoms with Gasteiger partial charge < -0.3 is 39.5 Å². The third-order valence-corrected chi connectivity index (χ3v) is 4.46. The zero-order valence-electron chi connectivity index (χ0n) is 17.7. The van der Waals surface area contributed by atoms with E-state index in [-0.39, 0.29) is 30.9 Å². The van der Waals surface area contributed by atoms with Crippen molar-refractivity contribution in [3.8, 4) is 5.75 Å². The van der Waals surface area contributed by atoms with Gasteiger partial charge in [-0.3, -0.25) is 9.59 Å². The van der Waals surface area contributed by atoms with Gasteiger partial charge in [0.25, 0.3) is 0 Å². The van der Waals surface area contributed by atoms with E-state index in [1.807, 2.05) is 0 Å². The van der Waals surface area contributed by atoms with Crippen LogP contribution in [0.1, 0.15) is 32.3 Å². The summed E-state index contributed by atoms with van der Waals surface area (Å²) in [4.78, 5) is 46.0. The van der Waals surface area contributed by atoms with Crippen LogP contribution in [0.25, 0.3) is 0 Å². The molecule has 2 amide bonds. The molecule has 1 heterocycles. The number of benzene rings is 1. The SMILES string of the molecule is COC(=O)C1CC(OC(C)=O)CC(Oc2cc(CO)ccc2NC(=O)C(C)N[C-]=O)O1.[Fm]. The number of anilines is 1. The fraction of sp³-hybridized carbons (Fsp3) is 0.500. The summed E-state index contributed by atoms with van der Waals surface area (Å²) >= 11 is 0. The van der Waals surface area contributed by atoms with Crippen LogP contribution in [0.2, 0.25) is 0 Å². The molecule has 11 nitrogen and oxygen atoms in total. The molecule has 3 N–H and O–H groups in total. The Morgan fingerprint density at radius 2 is 2.03 bits per heavy atom. The first kappa shape index (κ1) is 25.9. The van der Waals surface area contributed by atoms with Gasteiger partial charge in [0.1, 0.15) is 11.9 Å². The van der Waals surface area contributed by atoms with E-state index < -0.39 is 42.4 Å². The molecule has 182 valence electrons. The van der Waals surface area contributed by atoms with Gasteiger partial charge in [0.05, 0.1) is 25.4 Å². The van der Waals surface area contributed by atoms with Crippen molar-refractivity contribution in [1.82, 2.24) is 5.32 Å². The topological polar surface area (TPSA) is 149 Å². The van der Waals surface area contributed by atoms with Gasteiger partial charge in [-0.2, -0.15) is 6.41 Å². The number of rotatable bonds is 9. The van der Waals surface area contributed by atoms with Crippen molar-refractivity contribution < 1.29 is 43.2 Å². The Morgan fingerprint density at radius 3 is 2.62 bits per heavy atom. The molecular weight excluding hydrogens is 669 g/mol. The maximum absolute atomic E-state index is 12.2. The number of carbonyl (C=O) groups is 3. The van der Waals surface area contributed by atoms with Crippen LogP contribution in [-0.2, 0) is 40.0 Å². The van der Waals surface area contributed by atoms with Crippen LogP contribution >= 0.6 is 0 Å². The monoisotopic (exact) mass is 694 g/mol. The predicted molar refractivity (Wildman–Crippen MR) is 105 cm³/mol. The van der Waals surface area contributed by atoms with E-state index in [1.165, 1.54) is 39.5 Å². The van der Waals surface area contributed by atoms with Crippen molar-refractivity contribution in [3.63, 3.8) is 0 Å². The van der Waals surface area contributed by atoms with Crippen LogP contribution in [-0.4, -0.2) is 61.0 Å². The third kappa shape index (κ3) is 6.96. The van der Waals surface area contributed by atoms with Crippen molar-refractivity contribution in [2.75, 3.05) is 12.4 Å². The number of ether oxygens (including phenoxy) is 4. The Morgan fingerprint density at radius 1 is 1.31 bits per heavy atom. The number of hydrogen-bond acceptors (Lipinski definition) is 9. The Kier molecular flexibility index (Phi) is 9.59. The number of carbonyl (C=O) groups excluding carboxylic acids is 4. The fourth-order valence-electron chi connectivity index (χ4n) is 2.94. The molecule has 1 aliphatic heterocycles. The molecule has 1 aromatic carbocycles. The summed E-state index contributed by atoms with van der Waals surface area (Å²) in [6.07, 6.45) is -0.990. The summed E-state index contributed by atoms with van der Waals surface area (Å²) in [7, 11) is 1.21. The summed E-state index contributed by atoms with van der Waals surface area (Å²) < 4.78 is 21.4. The quantitative estimate of drug-likeness (QED) is 0.187. The van der Waals surface area contributed by atoms with Gasteiger partial charge in [-0.1, -0.05) is 6.07 Å². The van der Waals surface area contributed by atoms with E-state index in [9.17, 15) is 24.3 Å². The van der Waals surface area contributed by atoms with E-state index in [0.717, 1.165) is 0 Å². The van der Waals surface area contributed by atoms with E-state index in [1.54, 1.807) is 6.07 Å². The Balaban J connectivity index is 0.00000512. The van der Waals surface area contributed by atoms with Gasteiger partial charge in [-0.15, -0.1) is 0 Å². The number of esters is 2. The number of aliphatic hydroxyl groups is 1. The molecule has 12 heteroatoms. The minimum absolute atomic E-state index is 0. The third-order valence-electron chi connectivity index (χ3n) is 4.46. The first-order valence-electron chi connectivity index (χ1n) is 9.51. The molecule has 4 unspecified atom stereocenters. The minimum Gasteiger partial charge on any atom is -0.520 e. The number of methoxy groups -OCH3 is 1. The van der Waals surface area contributed by atoms with Crippen molar-refractivity contribution in [3.05, 3.63) is 23.8 Å². The molecule has 1 aromatic rings. The maximum Gasteiger partial charge on any atom is 0.335 e. The van der Waals surface area contributed by atoms with Crippen LogP contribution in [0.5, 0.6) is 5.75 Å². The second kappa shape index (κ2) is 11.9. The van der Waals surface area contributed by atoms with Crippen LogP contribution in [0.4, 0.5) is 5.69 Å². The first-order chi connectivity index (χ1) is 14.8. The maximum atomic E-state index is 12.2. The molecule has 0 radical (unpaired) electrons. The fourth-order valence-corrected chi connectivity index (χ4v) is 2.94. The average Bonchev–Trinajstić information content (AvgIpc) is 2.73. The number of hydrogen-bond donors (Lipinski definition) is 3. The van der Waals surface area contributed by atoms with E-state index >= 15 is 0 Å². The second-order valence-corrected chi connectivity index (χ2v) is 6.84. The average molecular weight is 694 g/mol. The summed E-state index contributed by atoms with van der Waals surface area (Å²) in [6.45, 7) is 2.44. The van der Waals surface area contributed by atoms with E-state index in [0.29, 0.717) is 5.56 Å². The van der Waals surface area contributed by atoms with Crippen LogP contribution in [0.15, 0.2) is 18.2 Å². The van der Waals surface area contributed by atoms with Gasteiger partial charge in [0.15, 0.2) is 6.10 Å². The molecule has 1 fully saturated rings. The molecule has 2 rings (SSSR count). The van der Waals surface area contributed by atoms with Crippen LogP contribution < -0.4 is 15.4 Å². The number of aliphatic hydroxyl groups excluding tert-OH is 1. The van der Waals surface area contributed by atoms with E-state index in [4.69, 9.17) is 18.9 Å². The van der Waals surface area contributed by atoms with Gasteiger partial charge in [-0.25, -0.2) is 4.79 Å². The molecule has 0 bridgehead atoms. The molecule has 0 saturated carbocycles. The predicted octanol–water partition coefficient (Wildman–Crippen LogP) is 0.151. The zero-order chi connectivity index (χ0) is 23.0. The molecule has 4 atom stereocenters. The largest absolute Gasteiger partial charge is 0.520 e. The number of nitrogens with one attached hydrogen (secondary N) is 2. The van der Waals surface area contributed by atoms with Crippen molar-refractivity contribution in [1.29, 1.82) is 0 Å². The molecule has 0 aromatic heterocycles. The van der Waals surface area contributed by atoms with Crippen molar-refractivity contribution in [2.45, 2.75) is 57.8 Å². The molecule has 1 saturated heterocycles. The second-order valence-electron chi connectivity index (χ2n) is 6.84.